The third-order valence-corrected chi connectivity index (χ3v) is 5.39. The van der Waals surface area contributed by atoms with Crippen molar-refractivity contribution < 1.29 is 9.59 Å². The molecule has 4 nitrogen and oxygen atoms in total. The predicted molar refractivity (Wildman–Crippen MR) is 94.0 cm³/mol. The lowest BCUT2D eigenvalue weighted by Gasteiger charge is -2.06. The Kier molecular flexibility index (Phi) is 6.95. The second-order valence-corrected chi connectivity index (χ2v) is 8.00. The van der Waals surface area contributed by atoms with Gasteiger partial charge in [0.25, 0.3) is 5.91 Å². The lowest BCUT2D eigenvalue weighted by Crippen LogP contribution is -2.41. The van der Waals surface area contributed by atoms with E-state index in [2.05, 4.69) is 26.8 Å². The van der Waals surface area contributed by atoms with Gasteiger partial charge in [0.15, 0.2) is 0 Å². The highest BCUT2D eigenvalue weighted by atomic mass is 79.9. The van der Waals surface area contributed by atoms with E-state index < -0.39 is 0 Å². The number of carbonyl (C=O) groups is 2. The van der Waals surface area contributed by atoms with E-state index in [-0.39, 0.29) is 11.8 Å². The highest BCUT2D eigenvalue weighted by Crippen LogP contribution is 2.21. The highest BCUT2D eigenvalue weighted by Gasteiger charge is 2.09. The monoisotopic (exact) mass is 398 g/mol. The average Bonchev–Trinajstić information content (AvgIpc) is 2.97. The third kappa shape index (κ3) is 5.82. The van der Waals surface area contributed by atoms with Crippen molar-refractivity contribution >= 4 is 50.8 Å². The highest BCUT2D eigenvalue weighted by molar-refractivity contribution is 9.11. The van der Waals surface area contributed by atoms with Gasteiger partial charge in [0.1, 0.15) is 0 Å². The largest absolute Gasteiger partial charge is 0.279 e. The molecule has 2 rings (SSSR count). The van der Waals surface area contributed by atoms with Crippen LogP contribution >= 0.6 is 39.0 Å². The minimum atomic E-state index is -0.303. The summed E-state index contributed by atoms with van der Waals surface area (Å²) in [5.74, 6) is 0.379. The summed E-state index contributed by atoms with van der Waals surface area (Å²) in [7, 11) is 0. The van der Waals surface area contributed by atoms with Crippen LogP contribution in [0.1, 0.15) is 22.5 Å². The van der Waals surface area contributed by atoms with Crippen LogP contribution in [0, 0.1) is 0 Å². The Morgan fingerprint density at radius 2 is 1.86 bits per heavy atom. The van der Waals surface area contributed by atoms with Gasteiger partial charge in [-0.3, -0.25) is 20.4 Å². The van der Waals surface area contributed by atoms with E-state index in [0.29, 0.717) is 11.3 Å². The molecule has 0 unspecified atom stereocenters. The minimum Gasteiger partial charge on any atom is -0.273 e. The van der Waals surface area contributed by atoms with Crippen molar-refractivity contribution in [2.24, 2.45) is 0 Å². The first kappa shape index (κ1) is 17.1. The van der Waals surface area contributed by atoms with Crippen molar-refractivity contribution in [1.29, 1.82) is 0 Å². The van der Waals surface area contributed by atoms with Gasteiger partial charge in [-0.15, -0.1) is 23.1 Å². The number of thiophene rings is 1. The molecule has 1 heterocycles. The first-order chi connectivity index (χ1) is 10.6. The molecule has 1 aromatic carbocycles. The number of halogens is 1. The molecule has 2 N–H and O–H groups in total. The number of benzene rings is 1. The number of hydrazine groups is 1. The fourth-order valence-corrected chi connectivity index (χ4v) is 3.78. The summed E-state index contributed by atoms with van der Waals surface area (Å²) in [6.07, 6.45) is 1.14. The molecule has 7 heteroatoms. The first-order valence-electron chi connectivity index (χ1n) is 6.67. The fraction of sp³-hybridized carbons (Fsp3) is 0.200. The second kappa shape index (κ2) is 8.97. The molecular weight excluding hydrogens is 384 g/mol. The van der Waals surface area contributed by atoms with Gasteiger partial charge < -0.3 is 0 Å². The second-order valence-electron chi connectivity index (χ2n) is 4.37. The Balaban J connectivity index is 1.61. The number of thioether (sulfide) groups is 1. The zero-order valence-electron chi connectivity index (χ0n) is 11.7. The lowest BCUT2D eigenvalue weighted by molar-refractivity contribution is -0.121. The molecule has 0 fully saturated rings. The molecule has 116 valence electrons. The van der Waals surface area contributed by atoms with Gasteiger partial charge in [-0.05, 0) is 52.4 Å². The molecular formula is C15H15BrN2O2S2. The molecule has 0 aliphatic heterocycles. The van der Waals surface area contributed by atoms with Crippen LogP contribution in [0.4, 0.5) is 0 Å². The van der Waals surface area contributed by atoms with Crippen LogP contribution in [-0.2, 0) is 4.79 Å². The van der Waals surface area contributed by atoms with Gasteiger partial charge >= 0.3 is 0 Å². The SMILES string of the molecule is O=C(CCCSc1ccccc1)NNC(=O)c1ccc(Br)s1. The Labute approximate surface area is 145 Å². The fourth-order valence-electron chi connectivity index (χ4n) is 1.63. The van der Waals surface area contributed by atoms with Crippen molar-refractivity contribution in [2.45, 2.75) is 17.7 Å². The van der Waals surface area contributed by atoms with Crippen LogP contribution in [0.3, 0.4) is 0 Å². The molecule has 2 aromatic rings. The maximum Gasteiger partial charge on any atom is 0.279 e. The summed E-state index contributed by atoms with van der Waals surface area (Å²) in [6.45, 7) is 0. The molecule has 0 saturated heterocycles. The van der Waals surface area contributed by atoms with Gasteiger partial charge in [-0.2, -0.15) is 0 Å². The molecule has 0 atom stereocenters. The minimum absolute atomic E-state index is 0.183. The van der Waals surface area contributed by atoms with Crippen molar-refractivity contribution in [3.05, 3.63) is 51.1 Å². The summed E-state index contributed by atoms with van der Waals surface area (Å²) in [4.78, 5) is 25.1. The maximum atomic E-state index is 11.7. The standard InChI is InChI=1S/C15H15BrN2O2S2/c16-13-9-8-12(22-13)15(20)18-17-14(19)7-4-10-21-11-5-2-1-3-6-11/h1-3,5-6,8-9H,4,7,10H2,(H,17,19)(H,18,20). The number of nitrogens with one attached hydrogen (secondary N) is 2. The number of amides is 2. The zero-order chi connectivity index (χ0) is 15.8. The smallest absolute Gasteiger partial charge is 0.273 e. The van der Waals surface area contributed by atoms with Gasteiger partial charge in [0.2, 0.25) is 5.91 Å². The van der Waals surface area contributed by atoms with Crippen molar-refractivity contribution in [3.63, 3.8) is 0 Å². The summed E-state index contributed by atoms with van der Waals surface area (Å²) in [5.41, 5.74) is 4.85. The number of hydrogen-bond acceptors (Lipinski definition) is 4. The van der Waals surface area contributed by atoms with Crippen LogP contribution in [0.25, 0.3) is 0 Å². The molecule has 0 radical (unpaired) electrons. The van der Waals surface area contributed by atoms with E-state index in [1.54, 1.807) is 23.9 Å². The number of hydrogen-bond donors (Lipinski definition) is 2. The summed E-state index contributed by atoms with van der Waals surface area (Å²) >= 11 is 6.32. The van der Waals surface area contributed by atoms with Crippen LogP contribution < -0.4 is 10.9 Å². The zero-order valence-corrected chi connectivity index (χ0v) is 14.9. The molecule has 0 aliphatic carbocycles. The molecule has 2 amide bonds. The molecule has 0 spiro atoms. The van der Waals surface area contributed by atoms with E-state index in [1.807, 2.05) is 30.3 Å². The predicted octanol–water partition coefficient (Wildman–Crippen LogP) is 3.84. The van der Waals surface area contributed by atoms with E-state index >= 15 is 0 Å². The van der Waals surface area contributed by atoms with Gasteiger partial charge in [-0.25, -0.2) is 0 Å². The van der Waals surface area contributed by atoms with Crippen molar-refractivity contribution in [2.75, 3.05) is 5.75 Å². The summed E-state index contributed by atoms with van der Waals surface area (Å²) in [5, 5.41) is 0. The Morgan fingerprint density at radius 3 is 2.55 bits per heavy atom. The van der Waals surface area contributed by atoms with E-state index in [1.165, 1.54) is 16.2 Å². The van der Waals surface area contributed by atoms with E-state index in [9.17, 15) is 9.59 Å². The lowest BCUT2D eigenvalue weighted by atomic mass is 10.3. The summed E-state index contributed by atoms with van der Waals surface area (Å²) < 4.78 is 0.877. The van der Waals surface area contributed by atoms with E-state index in [4.69, 9.17) is 0 Å². The van der Waals surface area contributed by atoms with E-state index in [0.717, 1.165) is 16.0 Å². The molecule has 0 saturated carbocycles. The van der Waals surface area contributed by atoms with Crippen LogP contribution in [0.15, 0.2) is 51.1 Å². The molecule has 1 aromatic heterocycles. The average molecular weight is 399 g/mol. The molecule has 0 bridgehead atoms. The Morgan fingerprint density at radius 1 is 1.09 bits per heavy atom. The third-order valence-electron chi connectivity index (χ3n) is 2.67. The maximum absolute atomic E-state index is 11.7. The number of rotatable bonds is 6. The Bertz CT molecular complexity index is 631. The van der Waals surface area contributed by atoms with Gasteiger partial charge in [0, 0.05) is 11.3 Å². The van der Waals surface area contributed by atoms with Crippen LogP contribution in [-0.4, -0.2) is 17.6 Å². The molecule has 0 aliphatic rings. The van der Waals surface area contributed by atoms with Gasteiger partial charge in [0.05, 0.1) is 8.66 Å². The number of carbonyl (C=O) groups excluding carboxylic acids is 2. The topological polar surface area (TPSA) is 58.2 Å². The Hall–Kier alpha value is -1.31. The van der Waals surface area contributed by atoms with Crippen LogP contribution in [0.2, 0.25) is 0 Å². The van der Waals surface area contributed by atoms with Crippen LogP contribution in [0.5, 0.6) is 0 Å². The quantitative estimate of drug-likeness (QED) is 0.441. The normalized spacial score (nSPS) is 10.2. The van der Waals surface area contributed by atoms with Crippen molar-refractivity contribution in [3.8, 4) is 0 Å². The van der Waals surface area contributed by atoms with Gasteiger partial charge in [-0.1, -0.05) is 18.2 Å². The summed E-state index contributed by atoms with van der Waals surface area (Å²) in [6, 6.07) is 13.6. The first-order valence-corrected chi connectivity index (χ1v) is 9.27. The molecule has 22 heavy (non-hydrogen) atoms. The van der Waals surface area contributed by atoms with Crippen molar-refractivity contribution in [1.82, 2.24) is 10.9 Å².